The molecule has 0 fully saturated rings. The van der Waals surface area contributed by atoms with Crippen LogP contribution in [0, 0.1) is 13.8 Å². The van der Waals surface area contributed by atoms with Crippen LogP contribution in [0.2, 0.25) is 5.02 Å². The first-order chi connectivity index (χ1) is 17.6. The van der Waals surface area contributed by atoms with Gasteiger partial charge in [0.25, 0.3) is 5.91 Å². The van der Waals surface area contributed by atoms with Gasteiger partial charge in [0.1, 0.15) is 0 Å². The normalized spacial score (nSPS) is 10.8. The van der Waals surface area contributed by atoms with Crippen molar-refractivity contribution < 1.29 is 19.1 Å². The maximum absolute atomic E-state index is 13.8. The van der Waals surface area contributed by atoms with Gasteiger partial charge in [-0.05, 0) is 62.2 Å². The summed E-state index contributed by atoms with van der Waals surface area (Å²) in [5.41, 5.74) is 8.64. The number of anilines is 1. The van der Waals surface area contributed by atoms with E-state index in [4.69, 9.17) is 27.1 Å². The van der Waals surface area contributed by atoms with Gasteiger partial charge in [0, 0.05) is 27.1 Å². The molecule has 0 atom stereocenters. The molecule has 4 rings (SSSR count). The first-order valence-corrected chi connectivity index (χ1v) is 12.1. The highest BCUT2D eigenvalue weighted by Gasteiger charge is 2.25. The number of hydrogen-bond acceptors (Lipinski definition) is 7. The molecule has 0 aliphatic heterocycles. The number of pyridine rings is 2. The molecular weight excluding hydrogens is 512 g/mol. The molecule has 0 aliphatic rings. The third-order valence-corrected chi connectivity index (χ3v) is 6.86. The van der Waals surface area contributed by atoms with Crippen LogP contribution in [0.25, 0.3) is 22.3 Å². The van der Waals surface area contributed by atoms with Crippen LogP contribution >= 0.6 is 24.2 Å². The SMILES string of the molecule is CCOC(=O)c1cc(C(N)=O)c(C)c(S)c1NC(=O)c1cc(-c2ccccn2)nc2c(C)c(Cl)ccc12. The number of esters is 1. The summed E-state index contributed by atoms with van der Waals surface area (Å²) < 4.78 is 5.15. The third kappa shape index (κ3) is 5.00. The lowest BCUT2D eigenvalue weighted by Gasteiger charge is -2.18. The monoisotopic (exact) mass is 534 g/mol. The molecule has 0 aliphatic carbocycles. The number of carbonyl (C=O) groups is 3. The zero-order chi connectivity index (χ0) is 26.9. The van der Waals surface area contributed by atoms with Gasteiger partial charge in [-0.15, -0.1) is 12.6 Å². The number of benzene rings is 2. The topological polar surface area (TPSA) is 124 Å². The van der Waals surface area contributed by atoms with Crippen molar-refractivity contribution in [3.8, 4) is 11.4 Å². The predicted octanol–water partition coefficient (Wildman–Crippen LogP) is 5.38. The van der Waals surface area contributed by atoms with Crippen LogP contribution in [0.5, 0.6) is 0 Å². The predicted molar refractivity (Wildman–Crippen MR) is 146 cm³/mol. The third-order valence-electron chi connectivity index (χ3n) is 5.89. The molecule has 3 N–H and O–H groups in total. The molecule has 2 aromatic heterocycles. The van der Waals surface area contributed by atoms with Gasteiger partial charge in [0.05, 0.1) is 40.3 Å². The number of amides is 2. The van der Waals surface area contributed by atoms with E-state index in [1.807, 2.05) is 13.0 Å². The van der Waals surface area contributed by atoms with Crippen molar-refractivity contribution in [1.29, 1.82) is 0 Å². The Morgan fingerprint density at radius 1 is 1.03 bits per heavy atom. The van der Waals surface area contributed by atoms with E-state index in [0.29, 0.717) is 38.4 Å². The molecule has 188 valence electrons. The summed E-state index contributed by atoms with van der Waals surface area (Å²) in [7, 11) is 0. The van der Waals surface area contributed by atoms with Crippen LogP contribution in [-0.2, 0) is 4.74 Å². The molecule has 0 radical (unpaired) electrons. The quantitative estimate of drug-likeness (QED) is 0.225. The molecule has 0 bridgehead atoms. The number of thiol groups is 1. The Morgan fingerprint density at radius 2 is 1.78 bits per heavy atom. The number of fused-ring (bicyclic) bond motifs is 1. The molecule has 4 aromatic rings. The average molecular weight is 535 g/mol. The number of ether oxygens (including phenoxy) is 1. The van der Waals surface area contributed by atoms with Crippen molar-refractivity contribution in [3.63, 3.8) is 0 Å². The van der Waals surface area contributed by atoms with E-state index in [1.54, 1.807) is 50.4 Å². The summed E-state index contributed by atoms with van der Waals surface area (Å²) >= 11 is 10.9. The fourth-order valence-electron chi connectivity index (χ4n) is 3.94. The zero-order valence-corrected chi connectivity index (χ0v) is 21.9. The maximum Gasteiger partial charge on any atom is 0.340 e. The number of carbonyl (C=O) groups excluding carboxylic acids is 3. The van der Waals surface area contributed by atoms with E-state index in [-0.39, 0.29) is 33.9 Å². The molecule has 2 amide bonds. The van der Waals surface area contributed by atoms with Crippen LogP contribution in [-0.4, -0.2) is 34.4 Å². The van der Waals surface area contributed by atoms with Crippen LogP contribution in [0.15, 0.2) is 53.6 Å². The molecule has 2 aromatic carbocycles. The summed E-state index contributed by atoms with van der Waals surface area (Å²) in [5.74, 6) is -1.99. The number of primary amides is 1. The van der Waals surface area contributed by atoms with E-state index in [0.717, 1.165) is 0 Å². The Balaban J connectivity index is 1.91. The van der Waals surface area contributed by atoms with Crippen molar-refractivity contribution in [1.82, 2.24) is 9.97 Å². The fourth-order valence-corrected chi connectivity index (χ4v) is 4.39. The Hall–Kier alpha value is -3.95. The molecular formula is C27H23ClN4O4S. The second-order valence-electron chi connectivity index (χ2n) is 8.20. The van der Waals surface area contributed by atoms with Gasteiger partial charge < -0.3 is 15.8 Å². The Morgan fingerprint density at radius 3 is 2.43 bits per heavy atom. The van der Waals surface area contributed by atoms with Gasteiger partial charge in [-0.2, -0.15) is 0 Å². The average Bonchev–Trinajstić information content (AvgIpc) is 2.89. The Labute approximate surface area is 223 Å². The standard InChI is InChI=1S/C27H23ClN4O4S/c1-4-36-27(35)18-11-16(25(29)33)13(2)24(37)23(18)32-26(34)17-12-21(20-7-5-6-10-30-20)31-22-14(3)19(28)9-8-15(17)22/h5-12,37H,4H2,1-3H3,(H2,29,33)(H,32,34). The van der Waals surface area contributed by atoms with E-state index >= 15 is 0 Å². The lowest BCUT2D eigenvalue weighted by molar-refractivity contribution is 0.0527. The molecule has 0 unspecified atom stereocenters. The van der Waals surface area contributed by atoms with Crippen molar-refractivity contribution in [2.45, 2.75) is 25.7 Å². The Kier molecular flexibility index (Phi) is 7.47. The summed E-state index contributed by atoms with van der Waals surface area (Å²) in [4.78, 5) is 47.8. The first kappa shape index (κ1) is 26.1. The minimum absolute atomic E-state index is 0.0397. The number of nitrogens with one attached hydrogen (secondary N) is 1. The summed E-state index contributed by atoms with van der Waals surface area (Å²) in [6.07, 6.45) is 1.63. The molecule has 0 saturated carbocycles. The second kappa shape index (κ2) is 10.6. The van der Waals surface area contributed by atoms with Crippen molar-refractivity contribution in [2.75, 3.05) is 11.9 Å². The number of aryl methyl sites for hydroxylation is 1. The van der Waals surface area contributed by atoms with Gasteiger partial charge in [0.2, 0.25) is 5.91 Å². The molecule has 0 saturated heterocycles. The van der Waals surface area contributed by atoms with Gasteiger partial charge in [-0.1, -0.05) is 23.7 Å². The molecule has 2 heterocycles. The number of nitrogens with two attached hydrogens (primary N) is 1. The summed E-state index contributed by atoms with van der Waals surface area (Å²) in [5, 5.41) is 3.86. The Bertz CT molecular complexity index is 1570. The highest BCUT2D eigenvalue weighted by molar-refractivity contribution is 7.80. The highest BCUT2D eigenvalue weighted by atomic mass is 35.5. The number of rotatable bonds is 6. The summed E-state index contributed by atoms with van der Waals surface area (Å²) in [6.45, 7) is 5.19. The van der Waals surface area contributed by atoms with E-state index < -0.39 is 17.8 Å². The zero-order valence-electron chi connectivity index (χ0n) is 20.3. The number of nitrogens with zero attached hydrogens (tertiary/aromatic N) is 2. The number of hydrogen-bond donors (Lipinski definition) is 3. The van der Waals surface area contributed by atoms with Crippen LogP contribution < -0.4 is 11.1 Å². The molecule has 8 nitrogen and oxygen atoms in total. The lowest BCUT2D eigenvalue weighted by atomic mass is 10.00. The minimum atomic E-state index is -0.733. The van der Waals surface area contributed by atoms with E-state index in [2.05, 4.69) is 22.9 Å². The van der Waals surface area contributed by atoms with Crippen molar-refractivity contribution in [3.05, 3.63) is 81.5 Å². The lowest BCUT2D eigenvalue weighted by Crippen LogP contribution is -2.20. The fraction of sp³-hybridized carbons (Fsp3) is 0.148. The van der Waals surface area contributed by atoms with E-state index in [9.17, 15) is 14.4 Å². The van der Waals surface area contributed by atoms with Gasteiger partial charge in [-0.25, -0.2) is 9.78 Å². The summed E-state index contributed by atoms with van der Waals surface area (Å²) in [6, 6.07) is 11.7. The van der Waals surface area contributed by atoms with Gasteiger partial charge in [-0.3, -0.25) is 14.6 Å². The van der Waals surface area contributed by atoms with Gasteiger partial charge in [0.15, 0.2) is 0 Å². The molecule has 37 heavy (non-hydrogen) atoms. The van der Waals surface area contributed by atoms with E-state index in [1.165, 1.54) is 6.07 Å². The largest absolute Gasteiger partial charge is 0.462 e. The molecule has 0 spiro atoms. The minimum Gasteiger partial charge on any atom is -0.462 e. The van der Waals surface area contributed by atoms with Gasteiger partial charge >= 0.3 is 5.97 Å². The highest BCUT2D eigenvalue weighted by Crippen LogP contribution is 2.34. The smallest absolute Gasteiger partial charge is 0.340 e. The molecule has 10 heteroatoms. The first-order valence-electron chi connectivity index (χ1n) is 11.3. The van der Waals surface area contributed by atoms with Crippen molar-refractivity contribution in [2.24, 2.45) is 5.73 Å². The van der Waals surface area contributed by atoms with Crippen molar-refractivity contribution >= 4 is 58.6 Å². The number of halogens is 1. The van der Waals surface area contributed by atoms with Crippen LogP contribution in [0.4, 0.5) is 5.69 Å². The van der Waals surface area contributed by atoms with Crippen LogP contribution in [0.1, 0.15) is 49.1 Å². The second-order valence-corrected chi connectivity index (χ2v) is 9.05. The van der Waals surface area contributed by atoms with Crippen LogP contribution in [0.3, 0.4) is 0 Å². The maximum atomic E-state index is 13.8. The number of aromatic nitrogens is 2.